The van der Waals surface area contributed by atoms with E-state index in [2.05, 4.69) is 0 Å². The second kappa shape index (κ2) is 9.13. The predicted molar refractivity (Wildman–Crippen MR) is 96.6 cm³/mol. The fraction of sp³-hybridized carbons (Fsp3) is 0. The monoisotopic (exact) mass is 390 g/mol. The molecule has 130 valence electrons. The minimum absolute atomic E-state index is 0. The number of hydrogen-bond donors (Lipinski definition) is 0. The Bertz CT molecular complexity index is 1010. The number of aromatic carboxylic acids is 2. The largest absolute Gasteiger partial charge is 2.00 e. The van der Waals surface area contributed by atoms with E-state index in [1.54, 1.807) is 36.4 Å². The van der Waals surface area contributed by atoms with E-state index in [9.17, 15) is 19.8 Å². The van der Waals surface area contributed by atoms with Gasteiger partial charge in [-0.15, -0.1) is 0 Å². The third-order valence-corrected chi connectivity index (χ3v) is 4.02. The van der Waals surface area contributed by atoms with Gasteiger partial charge in [0, 0.05) is 11.1 Å². The Kier molecular flexibility index (Phi) is 6.88. The first-order valence-electron chi connectivity index (χ1n) is 7.96. The van der Waals surface area contributed by atoms with Crippen LogP contribution in [-0.2, 0) is 21.7 Å². The first kappa shape index (κ1) is 20.4. The standard InChI is InChI=1S/2C11H8O2.Ti/c2*12-11(13)10-7-3-5-8-4-1-2-6-9(8)10;/h2*1-7H,(H,12,13);/q;;+2/p-2. The zero-order valence-electron chi connectivity index (χ0n) is 14.2. The average Bonchev–Trinajstić information content (AvgIpc) is 2.67. The van der Waals surface area contributed by atoms with E-state index in [1.165, 1.54) is 0 Å². The van der Waals surface area contributed by atoms with Gasteiger partial charge < -0.3 is 19.8 Å². The van der Waals surface area contributed by atoms with Crippen LogP contribution in [0.15, 0.2) is 84.9 Å². The fourth-order valence-electron chi connectivity index (χ4n) is 2.81. The van der Waals surface area contributed by atoms with Crippen molar-refractivity contribution in [3.8, 4) is 0 Å². The number of carboxylic acid groups (broad SMARTS) is 2. The summed E-state index contributed by atoms with van der Waals surface area (Å²) in [5.74, 6) is -2.26. The summed E-state index contributed by atoms with van der Waals surface area (Å²) in [6.45, 7) is 0. The molecule has 0 aromatic heterocycles. The number of fused-ring (bicyclic) bond motifs is 2. The maximum atomic E-state index is 10.7. The zero-order chi connectivity index (χ0) is 18.5. The van der Waals surface area contributed by atoms with Crippen molar-refractivity contribution in [3.05, 3.63) is 96.1 Å². The van der Waals surface area contributed by atoms with E-state index in [-0.39, 0.29) is 32.8 Å². The minimum atomic E-state index is -1.13. The molecule has 0 saturated carbocycles. The number of rotatable bonds is 2. The molecule has 0 aliphatic carbocycles. The van der Waals surface area contributed by atoms with Crippen molar-refractivity contribution in [1.82, 2.24) is 0 Å². The van der Waals surface area contributed by atoms with Crippen LogP contribution in [0.25, 0.3) is 21.5 Å². The van der Waals surface area contributed by atoms with E-state index in [0.29, 0.717) is 0 Å². The molecule has 0 N–H and O–H groups in total. The van der Waals surface area contributed by atoms with Crippen LogP contribution in [-0.4, -0.2) is 11.9 Å². The van der Waals surface area contributed by atoms with Gasteiger partial charge in [-0.3, -0.25) is 0 Å². The first-order chi connectivity index (χ1) is 12.6. The topological polar surface area (TPSA) is 80.3 Å². The predicted octanol–water partition coefficient (Wildman–Crippen LogP) is 2.40. The van der Waals surface area contributed by atoms with Crippen LogP contribution >= 0.6 is 0 Å². The van der Waals surface area contributed by atoms with Crippen molar-refractivity contribution in [2.24, 2.45) is 0 Å². The molecule has 5 heteroatoms. The third kappa shape index (κ3) is 4.62. The molecule has 0 aliphatic rings. The van der Waals surface area contributed by atoms with Crippen molar-refractivity contribution in [1.29, 1.82) is 0 Å². The number of carbonyl (C=O) groups is 2. The Morgan fingerprint density at radius 3 is 1.22 bits per heavy atom. The van der Waals surface area contributed by atoms with Crippen LogP contribution in [0.1, 0.15) is 20.7 Å². The Morgan fingerprint density at radius 1 is 0.519 bits per heavy atom. The van der Waals surface area contributed by atoms with Gasteiger partial charge in [-0.05, 0) is 21.5 Å². The van der Waals surface area contributed by atoms with E-state index >= 15 is 0 Å². The van der Waals surface area contributed by atoms with Gasteiger partial charge in [0.2, 0.25) is 0 Å². The molecule has 0 fully saturated rings. The molecule has 0 heterocycles. The summed E-state index contributed by atoms with van der Waals surface area (Å²) in [6, 6.07) is 25.0. The summed E-state index contributed by atoms with van der Waals surface area (Å²) in [7, 11) is 0. The molecule has 4 aromatic carbocycles. The Morgan fingerprint density at radius 2 is 0.852 bits per heavy atom. The summed E-state index contributed by atoms with van der Waals surface area (Å²) in [5, 5.41) is 24.7. The van der Waals surface area contributed by atoms with Crippen LogP contribution in [0.3, 0.4) is 0 Å². The summed E-state index contributed by atoms with van der Waals surface area (Å²) in [6.07, 6.45) is 0. The van der Waals surface area contributed by atoms with Crippen LogP contribution < -0.4 is 10.2 Å². The second-order valence-corrected chi connectivity index (χ2v) is 5.63. The van der Waals surface area contributed by atoms with Crippen molar-refractivity contribution < 1.29 is 41.5 Å². The van der Waals surface area contributed by atoms with Crippen LogP contribution in [0.5, 0.6) is 0 Å². The van der Waals surface area contributed by atoms with Gasteiger partial charge in [0.05, 0.1) is 11.9 Å². The Balaban J connectivity index is 0.000000187. The minimum Gasteiger partial charge on any atom is -0.545 e. The van der Waals surface area contributed by atoms with Gasteiger partial charge in [0.25, 0.3) is 0 Å². The molecule has 27 heavy (non-hydrogen) atoms. The smallest absolute Gasteiger partial charge is 0.545 e. The second-order valence-electron chi connectivity index (χ2n) is 5.63. The maximum Gasteiger partial charge on any atom is 2.00 e. The Labute approximate surface area is 171 Å². The maximum absolute atomic E-state index is 10.7. The number of carboxylic acids is 2. The number of benzene rings is 4. The molecule has 0 spiro atoms. The molecule has 0 atom stereocenters. The van der Waals surface area contributed by atoms with Crippen LogP contribution in [0.2, 0.25) is 0 Å². The van der Waals surface area contributed by atoms with Crippen LogP contribution in [0.4, 0.5) is 0 Å². The molecule has 0 radical (unpaired) electrons. The zero-order valence-corrected chi connectivity index (χ0v) is 15.8. The molecule has 0 saturated heterocycles. The molecule has 0 amide bonds. The van der Waals surface area contributed by atoms with Gasteiger partial charge in [-0.2, -0.15) is 0 Å². The average molecular weight is 390 g/mol. The molecular weight excluding hydrogens is 376 g/mol. The van der Waals surface area contributed by atoms with Crippen molar-refractivity contribution >= 4 is 33.5 Å². The Hall–Kier alpha value is -2.95. The normalized spacial score (nSPS) is 9.78. The summed E-state index contributed by atoms with van der Waals surface area (Å²) < 4.78 is 0. The molecule has 0 bridgehead atoms. The van der Waals surface area contributed by atoms with Crippen molar-refractivity contribution in [2.75, 3.05) is 0 Å². The van der Waals surface area contributed by atoms with Gasteiger partial charge in [-0.25, -0.2) is 0 Å². The molecule has 4 nitrogen and oxygen atoms in total. The van der Waals surface area contributed by atoms with Crippen molar-refractivity contribution in [2.45, 2.75) is 0 Å². The number of carbonyl (C=O) groups excluding carboxylic acids is 2. The molecule has 4 rings (SSSR count). The van der Waals surface area contributed by atoms with Gasteiger partial charge in [0.15, 0.2) is 0 Å². The fourth-order valence-corrected chi connectivity index (χ4v) is 2.81. The van der Waals surface area contributed by atoms with E-state index in [0.717, 1.165) is 21.5 Å². The van der Waals surface area contributed by atoms with Gasteiger partial charge in [-0.1, -0.05) is 84.9 Å². The molecule has 0 aliphatic heterocycles. The van der Waals surface area contributed by atoms with E-state index in [1.807, 2.05) is 48.5 Å². The quantitative estimate of drug-likeness (QED) is 0.493. The summed E-state index contributed by atoms with van der Waals surface area (Å²) in [4.78, 5) is 21.4. The third-order valence-electron chi connectivity index (χ3n) is 4.02. The van der Waals surface area contributed by atoms with Gasteiger partial charge >= 0.3 is 21.7 Å². The SMILES string of the molecule is O=C([O-])c1cccc2ccccc12.O=C([O-])c1cccc2ccccc12.[Ti+2]. The number of hydrogen-bond acceptors (Lipinski definition) is 4. The molecule has 4 aromatic rings. The van der Waals surface area contributed by atoms with E-state index in [4.69, 9.17) is 0 Å². The van der Waals surface area contributed by atoms with Crippen LogP contribution in [0, 0.1) is 0 Å². The molecule has 0 unspecified atom stereocenters. The summed E-state index contributed by atoms with van der Waals surface area (Å²) in [5.41, 5.74) is 0.496. The molecular formula is C22H14O4Ti. The summed E-state index contributed by atoms with van der Waals surface area (Å²) >= 11 is 0. The van der Waals surface area contributed by atoms with Crippen molar-refractivity contribution in [3.63, 3.8) is 0 Å². The first-order valence-corrected chi connectivity index (χ1v) is 7.96. The van der Waals surface area contributed by atoms with Gasteiger partial charge in [0.1, 0.15) is 0 Å². The van der Waals surface area contributed by atoms with E-state index < -0.39 is 11.9 Å².